The topological polar surface area (TPSA) is 48.1 Å². The number of aryl methyl sites for hydroxylation is 1. The number of aromatic nitrogens is 1. The van der Waals surface area contributed by atoms with Crippen LogP contribution in [0, 0.1) is 5.92 Å². The molecule has 0 bridgehead atoms. The Kier molecular flexibility index (Phi) is 6.04. The number of rotatable bonds is 7. The Balaban J connectivity index is 2.26. The van der Waals surface area contributed by atoms with Gasteiger partial charge in [0.15, 0.2) is 0 Å². The van der Waals surface area contributed by atoms with E-state index in [1.54, 1.807) is 7.11 Å². The summed E-state index contributed by atoms with van der Waals surface area (Å²) in [6, 6.07) is 6.23. The largest absolute Gasteiger partial charge is 0.385 e. The van der Waals surface area contributed by atoms with E-state index < -0.39 is 0 Å². The third-order valence-electron chi connectivity index (χ3n) is 2.97. The maximum atomic E-state index is 6.12. The summed E-state index contributed by atoms with van der Waals surface area (Å²) in [5.74, 6) is 0.503. The minimum atomic E-state index is 0.233. The molecule has 2 atom stereocenters. The molecular weight excluding hydrogens is 200 g/mol. The van der Waals surface area contributed by atoms with Gasteiger partial charge in [0, 0.05) is 31.6 Å². The Labute approximate surface area is 98.0 Å². The van der Waals surface area contributed by atoms with Gasteiger partial charge in [-0.3, -0.25) is 4.98 Å². The molecule has 1 heterocycles. The molecule has 1 aromatic heterocycles. The number of ether oxygens (including phenoxy) is 1. The van der Waals surface area contributed by atoms with Crippen LogP contribution in [0.2, 0.25) is 0 Å². The highest BCUT2D eigenvalue weighted by molar-refractivity contribution is 5.03. The fourth-order valence-corrected chi connectivity index (χ4v) is 1.66. The number of hydrogen-bond acceptors (Lipinski definition) is 3. The summed E-state index contributed by atoms with van der Waals surface area (Å²) < 4.78 is 5.06. The SMILES string of the molecule is COCCC(C)C(N)CCc1ccccn1. The highest BCUT2D eigenvalue weighted by Gasteiger charge is 2.12. The number of nitrogens with zero attached hydrogens (tertiary/aromatic N) is 1. The fraction of sp³-hybridized carbons (Fsp3) is 0.615. The average Bonchev–Trinajstić information content (AvgIpc) is 2.34. The van der Waals surface area contributed by atoms with Gasteiger partial charge in [-0.1, -0.05) is 13.0 Å². The molecule has 3 nitrogen and oxygen atoms in total. The van der Waals surface area contributed by atoms with Crippen molar-refractivity contribution in [2.45, 2.75) is 32.2 Å². The molecule has 0 aliphatic heterocycles. The molecule has 0 spiro atoms. The molecule has 3 heteroatoms. The first-order valence-electron chi connectivity index (χ1n) is 5.88. The van der Waals surface area contributed by atoms with Crippen molar-refractivity contribution >= 4 is 0 Å². The first-order valence-corrected chi connectivity index (χ1v) is 5.88. The van der Waals surface area contributed by atoms with E-state index in [-0.39, 0.29) is 6.04 Å². The molecule has 90 valence electrons. The highest BCUT2D eigenvalue weighted by atomic mass is 16.5. The van der Waals surface area contributed by atoms with Crippen molar-refractivity contribution in [2.24, 2.45) is 11.7 Å². The molecule has 2 N–H and O–H groups in total. The quantitative estimate of drug-likeness (QED) is 0.767. The van der Waals surface area contributed by atoms with Gasteiger partial charge in [-0.2, -0.15) is 0 Å². The van der Waals surface area contributed by atoms with Gasteiger partial charge in [0.1, 0.15) is 0 Å². The van der Waals surface area contributed by atoms with Crippen LogP contribution >= 0.6 is 0 Å². The van der Waals surface area contributed by atoms with Gasteiger partial charge in [-0.05, 0) is 37.3 Å². The van der Waals surface area contributed by atoms with Crippen molar-refractivity contribution in [1.29, 1.82) is 0 Å². The Hall–Kier alpha value is -0.930. The van der Waals surface area contributed by atoms with Crippen molar-refractivity contribution in [2.75, 3.05) is 13.7 Å². The van der Waals surface area contributed by atoms with Gasteiger partial charge in [0.05, 0.1) is 0 Å². The summed E-state index contributed by atoms with van der Waals surface area (Å²) in [5.41, 5.74) is 7.24. The van der Waals surface area contributed by atoms with Crippen molar-refractivity contribution in [1.82, 2.24) is 4.98 Å². The molecule has 1 aromatic rings. The summed E-state index contributed by atoms with van der Waals surface area (Å²) in [6.45, 7) is 2.97. The molecule has 16 heavy (non-hydrogen) atoms. The maximum absolute atomic E-state index is 6.12. The van der Waals surface area contributed by atoms with Crippen LogP contribution < -0.4 is 5.73 Å². The smallest absolute Gasteiger partial charge is 0.0465 e. The summed E-state index contributed by atoms with van der Waals surface area (Å²) >= 11 is 0. The average molecular weight is 222 g/mol. The lowest BCUT2D eigenvalue weighted by Gasteiger charge is -2.19. The molecule has 0 radical (unpaired) electrons. The van der Waals surface area contributed by atoms with Crippen molar-refractivity contribution < 1.29 is 4.74 Å². The fourth-order valence-electron chi connectivity index (χ4n) is 1.66. The number of methoxy groups -OCH3 is 1. The predicted octanol–water partition coefficient (Wildman–Crippen LogP) is 2.01. The first kappa shape index (κ1) is 13.1. The van der Waals surface area contributed by atoms with E-state index in [0.717, 1.165) is 31.6 Å². The van der Waals surface area contributed by atoms with Gasteiger partial charge >= 0.3 is 0 Å². The van der Waals surface area contributed by atoms with Crippen LogP contribution in [0.15, 0.2) is 24.4 Å². The van der Waals surface area contributed by atoms with Crippen LogP contribution in [0.3, 0.4) is 0 Å². The van der Waals surface area contributed by atoms with Crippen LogP contribution in [0.1, 0.15) is 25.5 Å². The Morgan fingerprint density at radius 1 is 1.38 bits per heavy atom. The standard InChI is InChI=1S/C13H22N2O/c1-11(8-10-16-2)13(14)7-6-12-5-3-4-9-15-12/h3-5,9,11,13H,6-8,10,14H2,1-2H3. The second-order valence-electron chi connectivity index (χ2n) is 4.28. The predicted molar refractivity (Wildman–Crippen MR) is 66.2 cm³/mol. The third-order valence-corrected chi connectivity index (χ3v) is 2.97. The minimum Gasteiger partial charge on any atom is -0.385 e. The lowest BCUT2D eigenvalue weighted by molar-refractivity contribution is 0.173. The van der Waals surface area contributed by atoms with Gasteiger partial charge in [0.2, 0.25) is 0 Å². The summed E-state index contributed by atoms with van der Waals surface area (Å²) in [4.78, 5) is 4.29. The molecule has 0 aliphatic rings. The molecule has 0 aliphatic carbocycles. The molecule has 1 rings (SSSR count). The Morgan fingerprint density at radius 2 is 2.19 bits per heavy atom. The van der Waals surface area contributed by atoms with Gasteiger partial charge in [-0.25, -0.2) is 0 Å². The van der Waals surface area contributed by atoms with Crippen LogP contribution in [0.4, 0.5) is 0 Å². The minimum absolute atomic E-state index is 0.233. The normalized spacial score (nSPS) is 14.7. The zero-order chi connectivity index (χ0) is 11.8. The summed E-state index contributed by atoms with van der Waals surface area (Å²) in [6.07, 6.45) is 4.80. The van der Waals surface area contributed by atoms with Crippen LogP contribution in [-0.2, 0) is 11.2 Å². The van der Waals surface area contributed by atoms with Gasteiger partial charge in [-0.15, -0.1) is 0 Å². The third kappa shape index (κ3) is 4.73. The van der Waals surface area contributed by atoms with E-state index in [4.69, 9.17) is 10.5 Å². The second kappa shape index (κ2) is 7.36. The van der Waals surface area contributed by atoms with Gasteiger partial charge < -0.3 is 10.5 Å². The summed E-state index contributed by atoms with van der Waals surface area (Å²) in [5, 5.41) is 0. The van der Waals surface area contributed by atoms with Crippen molar-refractivity contribution in [3.63, 3.8) is 0 Å². The van der Waals surface area contributed by atoms with E-state index in [1.165, 1.54) is 0 Å². The number of nitrogens with two attached hydrogens (primary N) is 1. The number of pyridine rings is 1. The van der Waals surface area contributed by atoms with E-state index >= 15 is 0 Å². The molecule has 0 amide bonds. The molecule has 0 saturated carbocycles. The molecule has 0 aromatic carbocycles. The van der Waals surface area contributed by atoms with Crippen molar-refractivity contribution in [3.8, 4) is 0 Å². The molecule has 2 unspecified atom stereocenters. The highest BCUT2D eigenvalue weighted by Crippen LogP contribution is 2.11. The van der Waals surface area contributed by atoms with Gasteiger partial charge in [0.25, 0.3) is 0 Å². The monoisotopic (exact) mass is 222 g/mol. The molecule has 0 saturated heterocycles. The maximum Gasteiger partial charge on any atom is 0.0465 e. The Bertz CT molecular complexity index is 277. The zero-order valence-corrected chi connectivity index (χ0v) is 10.2. The summed E-state index contributed by atoms with van der Waals surface area (Å²) in [7, 11) is 1.73. The lowest BCUT2D eigenvalue weighted by Crippen LogP contribution is -2.29. The van der Waals surface area contributed by atoms with Crippen LogP contribution in [0.25, 0.3) is 0 Å². The van der Waals surface area contributed by atoms with E-state index in [0.29, 0.717) is 5.92 Å². The number of hydrogen-bond donors (Lipinski definition) is 1. The van der Waals surface area contributed by atoms with Crippen molar-refractivity contribution in [3.05, 3.63) is 30.1 Å². The van der Waals surface area contributed by atoms with E-state index in [1.807, 2.05) is 24.4 Å². The van der Waals surface area contributed by atoms with Crippen LogP contribution in [0.5, 0.6) is 0 Å². The van der Waals surface area contributed by atoms with Crippen LogP contribution in [-0.4, -0.2) is 24.7 Å². The molecule has 0 fully saturated rings. The Morgan fingerprint density at radius 3 is 2.81 bits per heavy atom. The van der Waals surface area contributed by atoms with E-state index in [9.17, 15) is 0 Å². The zero-order valence-electron chi connectivity index (χ0n) is 10.2. The second-order valence-corrected chi connectivity index (χ2v) is 4.28. The first-order chi connectivity index (χ1) is 7.74. The molecular formula is C13H22N2O. The van der Waals surface area contributed by atoms with E-state index in [2.05, 4.69) is 11.9 Å². The lowest BCUT2D eigenvalue weighted by atomic mass is 9.95.